The van der Waals surface area contributed by atoms with Gasteiger partial charge in [-0.3, -0.25) is 4.90 Å². The van der Waals surface area contributed by atoms with Gasteiger partial charge in [-0.1, -0.05) is 24.3 Å². The lowest BCUT2D eigenvalue weighted by atomic mass is 10.0. The molecule has 1 aliphatic heterocycles. The van der Waals surface area contributed by atoms with Crippen molar-refractivity contribution in [3.05, 3.63) is 59.2 Å². The Morgan fingerprint density at radius 3 is 2.38 bits per heavy atom. The standard InChI is InChI=1S/C18H21NO2/c1-13(16-9-17(20)11-18(21)10-16)19-8-4-7-14-5-2-3-6-15(14)12-19/h2-3,5-6,9-11,13,20-21H,4,7-8,12H2,1H3. The van der Waals surface area contributed by atoms with Crippen LogP contribution in [0.3, 0.4) is 0 Å². The molecule has 0 aromatic heterocycles. The second-order valence-electron chi connectivity index (χ2n) is 5.80. The Morgan fingerprint density at radius 2 is 1.67 bits per heavy atom. The molecule has 2 aromatic rings. The Kier molecular flexibility index (Phi) is 3.84. The zero-order valence-corrected chi connectivity index (χ0v) is 12.3. The number of phenolic OH excluding ortho intramolecular Hbond substituents is 2. The molecule has 0 aliphatic carbocycles. The summed E-state index contributed by atoms with van der Waals surface area (Å²) < 4.78 is 0. The highest BCUT2D eigenvalue weighted by atomic mass is 16.3. The summed E-state index contributed by atoms with van der Waals surface area (Å²) in [5.74, 6) is 0.235. The van der Waals surface area contributed by atoms with E-state index in [9.17, 15) is 10.2 Å². The van der Waals surface area contributed by atoms with Crippen LogP contribution >= 0.6 is 0 Å². The summed E-state index contributed by atoms with van der Waals surface area (Å²) in [6.07, 6.45) is 2.25. The van der Waals surface area contributed by atoms with Crippen molar-refractivity contribution >= 4 is 0 Å². The van der Waals surface area contributed by atoms with Crippen LogP contribution in [0, 0.1) is 0 Å². The maximum absolute atomic E-state index is 9.68. The van der Waals surface area contributed by atoms with Gasteiger partial charge in [0.05, 0.1) is 0 Å². The zero-order chi connectivity index (χ0) is 14.8. The molecular formula is C18H21NO2. The number of benzene rings is 2. The monoisotopic (exact) mass is 283 g/mol. The molecule has 1 aliphatic rings. The Labute approximate surface area is 125 Å². The number of rotatable bonds is 2. The Morgan fingerprint density at radius 1 is 1.00 bits per heavy atom. The minimum Gasteiger partial charge on any atom is -0.508 e. The molecule has 0 radical (unpaired) electrons. The lowest BCUT2D eigenvalue weighted by Crippen LogP contribution is -2.26. The Hall–Kier alpha value is -2.00. The topological polar surface area (TPSA) is 43.7 Å². The summed E-state index contributed by atoms with van der Waals surface area (Å²) in [5.41, 5.74) is 3.77. The third-order valence-electron chi connectivity index (χ3n) is 4.34. The second-order valence-corrected chi connectivity index (χ2v) is 5.80. The van der Waals surface area contributed by atoms with Crippen molar-refractivity contribution in [3.8, 4) is 11.5 Å². The molecule has 0 saturated heterocycles. The first-order chi connectivity index (χ1) is 10.1. The van der Waals surface area contributed by atoms with Crippen molar-refractivity contribution in [1.82, 2.24) is 4.90 Å². The average molecular weight is 283 g/mol. The van der Waals surface area contributed by atoms with E-state index in [1.54, 1.807) is 12.1 Å². The van der Waals surface area contributed by atoms with Gasteiger partial charge in [-0.2, -0.15) is 0 Å². The van der Waals surface area contributed by atoms with Crippen LogP contribution in [0.2, 0.25) is 0 Å². The minimum atomic E-state index is 0.118. The van der Waals surface area contributed by atoms with E-state index < -0.39 is 0 Å². The highest BCUT2D eigenvalue weighted by Crippen LogP contribution is 2.31. The van der Waals surface area contributed by atoms with E-state index in [1.165, 1.54) is 17.2 Å². The predicted molar refractivity (Wildman–Crippen MR) is 83.4 cm³/mol. The molecule has 3 nitrogen and oxygen atoms in total. The fraction of sp³-hybridized carbons (Fsp3) is 0.333. The summed E-state index contributed by atoms with van der Waals surface area (Å²) in [4.78, 5) is 2.40. The van der Waals surface area contributed by atoms with Gasteiger partial charge in [0.2, 0.25) is 0 Å². The van der Waals surface area contributed by atoms with Crippen molar-refractivity contribution in [2.75, 3.05) is 6.54 Å². The van der Waals surface area contributed by atoms with Gasteiger partial charge in [0.25, 0.3) is 0 Å². The molecule has 21 heavy (non-hydrogen) atoms. The van der Waals surface area contributed by atoms with Crippen LogP contribution in [0.25, 0.3) is 0 Å². The minimum absolute atomic E-state index is 0.118. The van der Waals surface area contributed by atoms with Gasteiger partial charge in [0, 0.05) is 18.7 Å². The average Bonchev–Trinajstić information content (AvgIpc) is 2.67. The maximum atomic E-state index is 9.68. The fourth-order valence-corrected chi connectivity index (χ4v) is 3.13. The van der Waals surface area contributed by atoms with Gasteiger partial charge >= 0.3 is 0 Å². The number of hydrogen-bond acceptors (Lipinski definition) is 3. The highest BCUT2D eigenvalue weighted by molar-refractivity contribution is 5.38. The molecule has 1 unspecified atom stereocenters. The lowest BCUT2D eigenvalue weighted by molar-refractivity contribution is 0.204. The largest absolute Gasteiger partial charge is 0.508 e. The van der Waals surface area contributed by atoms with Crippen molar-refractivity contribution in [1.29, 1.82) is 0 Å². The second kappa shape index (κ2) is 5.78. The molecule has 2 aromatic carbocycles. The molecule has 3 rings (SSSR count). The van der Waals surface area contributed by atoms with Gasteiger partial charge in [-0.25, -0.2) is 0 Å². The SMILES string of the molecule is CC(c1cc(O)cc(O)c1)N1CCCc2ccccc2C1. The van der Waals surface area contributed by atoms with Crippen molar-refractivity contribution in [3.63, 3.8) is 0 Å². The molecule has 110 valence electrons. The number of aryl methyl sites for hydroxylation is 1. The van der Waals surface area contributed by atoms with E-state index in [0.717, 1.165) is 31.5 Å². The number of nitrogens with zero attached hydrogens (tertiary/aromatic N) is 1. The van der Waals surface area contributed by atoms with Gasteiger partial charge < -0.3 is 10.2 Å². The quantitative estimate of drug-likeness (QED) is 0.885. The van der Waals surface area contributed by atoms with E-state index in [2.05, 4.69) is 36.1 Å². The Bertz CT molecular complexity index is 619. The summed E-state index contributed by atoms with van der Waals surface area (Å²) in [6.45, 7) is 4.06. The molecule has 1 atom stereocenters. The number of phenols is 2. The summed E-state index contributed by atoms with van der Waals surface area (Å²) >= 11 is 0. The van der Waals surface area contributed by atoms with Gasteiger partial charge in [0.1, 0.15) is 11.5 Å². The van der Waals surface area contributed by atoms with E-state index in [-0.39, 0.29) is 17.5 Å². The van der Waals surface area contributed by atoms with Gasteiger partial charge in [-0.15, -0.1) is 0 Å². The highest BCUT2D eigenvalue weighted by Gasteiger charge is 2.20. The van der Waals surface area contributed by atoms with Crippen molar-refractivity contribution in [2.24, 2.45) is 0 Å². The molecule has 0 saturated carbocycles. The van der Waals surface area contributed by atoms with Crippen LogP contribution in [0.1, 0.15) is 36.1 Å². The van der Waals surface area contributed by atoms with Crippen molar-refractivity contribution < 1.29 is 10.2 Å². The molecule has 1 heterocycles. The molecule has 0 bridgehead atoms. The van der Waals surface area contributed by atoms with Crippen LogP contribution in [-0.4, -0.2) is 21.7 Å². The van der Waals surface area contributed by atoms with E-state index in [4.69, 9.17) is 0 Å². The van der Waals surface area contributed by atoms with Gasteiger partial charge in [-0.05, 0) is 55.1 Å². The van der Waals surface area contributed by atoms with E-state index >= 15 is 0 Å². The zero-order valence-electron chi connectivity index (χ0n) is 12.3. The Balaban J connectivity index is 1.86. The molecule has 2 N–H and O–H groups in total. The lowest BCUT2D eigenvalue weighted by Gasteiger charge is -2.28. The summed E-state index contributed by atoms with van der Waals surface area (Å²) in [7, 11) is 0. The normalized spacial score (nSPS) is 17.0. The smallest absolute Gasteiger partial charge is 0.119 e. The summed E-state index contributed by atoms with van der Waals surface area (Å²) in [6, 6.07) is 13.6. The third kappa shape index (κ3) is 3.03. The molecule has 0 spiro atoms. The first kappa shape index (κ1) is 14.0. The van der Waals surface area contributed by atoms with Crippen LogP contribution in [0.15, 0.2) is 42.5 Å². The van der Waals surface area contributed by atoms with Crippen LogP contribution < -0.4 is 0 Å². The van der Waals surface area contributed by atoms with E-state index in [1.807, 2.05) is 0 Å². The van der Waals surface area contributed by atoms with E-state index in [0.29, 0.717) is 0 Å². The van der Waals surface area contributed by atoms with Gasteiger partial charge in [0.15, 0.2) is 0 Å². The first-order valence-electron chi connectivity index (χ1n) is 7.47. The number of hydrogen-bond donors (Lipinski definition) is 2. The fourth-order valence-electron chi connectivity index (χ4n) is 3.13. The first-order valence-corrected chi connectivity index (χ1v) is 7.47. The molecular weight excluding hydrogens is 262 g/mol. The summed E-state index contributed by atoms with van der Waals surface area (Å²) in [5, 5.41) is 19.4. The molecule has 3 heteroatoms. The van der Waals surface area contributed by atoms with Crippen LogP contribution in [0.4, 0.5) is 0 Å². The predicted octanol–water partition coefficient (Wildman–Crippen LogP) is 3.61. The maximum Gasteiger partial charge on any atom is 0.119 e. The third-order valence-corrected chi connectivity index (χ3v) is 4.34. The number of aromatic hydroxyl groups is 2. The van der Waals surface area contributed by atoms with Crippen LogP contribution in [-0.2, 0) is 13.0 Å². The van der Waals surface area contributed by atoms with Crippen LogP contribution in [0.5, 0.6) is 11.5 Å². The van der Waals surface area contributed by atoms with Crippen molar-refractivity contribution in [2.45, 2.75) is 32.4 Å². The molecule has 0 amide bonds. The number of fused-ring (bicyclic) bond motifs is 1. The molecule has 0 fully saturated rings.